The fourth-order valence-corrected chi connectivity index (χ4v) is 4.40. The molecule has 5 heteroatoms. The zero-order chi connectivity index (χ0) is 14.3. The molecule has 0 amide bonds. The highest BCUT2D eigenvalue weighted by Gasteiger charge is 2.25. The van der Waals surface area contributed by atoms with E-state index < -0.39 is 0 Å². The predicted octanol–water partition coefficient (Wildman–Crippen LogP) is 5.33. The molecular weight excluding hydrogens is 356 g/mol. The van der Waals surface area contributed by atoms with Crippen molar-refractivity contribution >= 4 is 50.2 Å². The van der Waals surface area contributed by atoms with Gasteiger partial charge in [0, 0.05) is 23.4 Å². The van der Waals surface area contributed by atoms with Crippen molar-refractivity contribution in [2.45, 2.75) is 18.9 Å². The molecule has 1 aliphatic carbocycles. The SMILES string of the molecule is CN(C)c1ccc(Br)cc1NC1CCc2sc(Cl)cc21. The Kier molecular flexibility index (Phi) is 3.98. The van der Waals surface area contributed by atoms with E-state index in [0.717, 1.165) is 27.3 Å². The van der Waals surface area contributed by atoms with E-state index in [1.54, 1.807) is 11.3 Å². The van der Waals surface area contributed by atoms with Crippen molar-refractivity contribution in [2.75, 3.05) is 24.3 Å². The van der Waals surface area contributed by atoms with E-state index in [1.165, 1.54) is 16.1 Å². The van der Waals surface area contributed by atoms with Crippen LogP contribution >= 0.6 is 38.9 Å². The highest BCUT2D eigenvalue weighted by molar-refractivity contribution is 9.10. The van der Waals surface area contributed by atoms with Crippen LogP contribution in [-0.4, -0.2) is 14.1 Å². The van der Waals surface area contributed by atoms with Crippen LogP contribution in [0.5, 0.6) is 0 Å². The van der Waals surface area contributed by atoms with Gasteiger partial charge in [-0.05, 0) is 42.7 Å². The molecule has 1 N–H and O–H groups in total. The molecule has 0 bridgehead atoms. The van der Waals surface area contributed by atoms with E-state index in [1.807, 2.05) is 0 Å². The van der Waals surface area contributed by atoms with Gasteiger partial charge in [-0.3, -0.25) is 0 Å². The van der Waals surface area contributed by atoms with Crippen molar-refractivity contribution in [1.29, 1.82) is 0 Å². The fourth-order valence-electron chi connectivity index (χ4n) is 2.68. The first-order valence-electron chi connectivity index (χ1n) is 6.56. The van der Waals surface area contributed by atoms with Crippen LogP contribution in [0, 0.1) is 0 Å². The number of benzene rings is 1. The lowest BCUT2D eigenvalue weighted by Crippen LogP contribution is -2.14. The van der Waals surface area contributed by atoms with E-state index in [0.29, 0.717) is 6.04 Å². The van der Waals surface area contributed by atoms with Gasteiger partial charge in [0.2, 0.25) is 0 Å². The lowest BCUT2D eigenvalue weighted by molar-refractivity contribution is 0.762. The van der Waals surface area contributed by atoms with Crippen LogP contribution in [-0.2, 0) is 6.42 Å². The molecule has 2 nitrogen and oxygen atoms in total. The molecule has 1 aliphatic rings. The average molecular weight is 372 g/mol. The van der Waals surface area contributed by atoms with Crippen LogP contribution in [0.3, 0.4) is 0 Å². The molecule has 0 saturated carbocycles. The summed E-state index contributed by atoms with van der Waals surface area (Å²) < 4.78 is 1.98. The summed E-state index contributed by atoms with van der Waals surface area (Å²) in [5.41, 5.74) is 3.72. The van der Waals surface area contributed by atoms with E-state index in [2.05, 4.69) is 64.5 Å². The van der Waals surface area contributed by atoms with Crippen LogP contribution in [0.2, 0.25) is 4.34 Å². The second-order valence-corrected chi connectivity index (χ2v) is 7.90. The lowest BCUT2D eigenvalue weighted by atomic mass is 10.1. The molecule has 0 saturated heterocycles. The van der Waals surface area contributed by atoms with Crippen molar-refractivity contribution in [3.63, 3.8) is 0 Å². The monoisotopic (exact) mass is 370 g/mol. The number of nitrogens with zero attached hydrogens (tertiary/aromatic N) is 1. The topological polar surface area (TPSA) is 15.3 Å². The molecule has 1 aromatic heterocycles. The van der Waals surface area contributed by atoms with E-state index >= 15 is 0 Å². The molecule has 2 aromatic rings. The standard InChI is InChI=1S/C15H16BrClN2S/c1-19(2)13-5-3-9(16)7-12(13)18-11-4-6-14-10(11)8-15(17)20-14/h3,5,7-8,11,18H,4,6H2,1-2H3. The van der Waals surface area contributed by atoms with Crippen molar-refractivity contribution in [2.24, 2.45) is 0 Å². The van der Waals surface area contributed by atoms with Crippen LogP contribution in [0.15, 0.2) is 28.7 Å². The number of thiophene rings is 1. The number of anilines is 2. The molecule has 20 heavy (non-hydrogen) atoms. The van der Waals surface area contributed by atoms with Gasteiger partial charge < -0.3 is 10.2 Å². The Morgan fingerprint density at radius 1 is 1.35 bits per heavy atom. The number of nitrogens with one attached hydrogen (secondary N) is 1. The van der Waals surface area contributed by atoms with Gasteiger partial charge in [0.15, 0.2) is 0 Å². The van der Waals surface area contributed by atoms with Crippen molar-refractivity contribution < 1.29 is 0 Å². The second kappa shape index (κ2) is 5.58. The third-order valence-corrected chi connectivity index (χ3v) is 5.45. The minimum Gasteiger partial charge on any atom is -0.376 e. The Morgan fingerprint density at radius 3 is 2.90 bits per heavy atom. The minimum absolute atomic E-state index is 0.363. The van der Waals surface area contributed by atoms with Crippen molar-refractivity contribution in [1.82, 2.24) is 0 Å². The number of aryl methyl sites for hydroxylation is 1. The Labute approximate surface area is 136 Å². The van der Waals surface area contributed by atoms with E-state index in [4.69, 9.17) is 11.6 Å². The van der Waals surface area contributed by atoms with E-state index in [9.17, 15) is 0 Å². The van der Waals surface area contributed by atoms with Gasteiger partial charge in [-0.15, -0.1) is 11.3 Å². The smallest absolute Gasteiger partial charge is 0.0934 e. The number of rotatable bonds is 3. The third-order valence-electron chi connectivity index (χ3n) is 3.62. The first-order chi connectivity index (χ1) is 9.54. The molecule has 3 rings (SSSR count). The summed E-state index contributed by atoms with van der Waals surface area (Å²) in [6, 6.07) is 8.81. The first-order valence-corrected chi connectivity index (χ1v) is 8.55. The zero-order valence-corrected chi connectivity index (χ0v) is 14.6. The van der Waals surface area contributed by atoms with Gasteiger partial charge in [0.05, 0.1) is 21.8 Å². The second-order valence-electron chi connectivity index (χ2n) is 5.22. The summed E-state index contributed by atoms with van der Waals surface area (Å²) in [5, 5.41) is 3.68. The molecule has 0 fully saturated rings. The minimum atomic E-state index is 0.363. The first kappa shape index (κ1) is 14.2. The molecule has 0 radical (unpaired) electrons. The molecule has 0 aliphatic heterocycles. The molecular formula is C15H16BrClN2S. The summed E-state index contributed by atoms with van der Waals surface area (Å²) in [6.07, 6.45) is 2.26. The zero-order valence-electron chi connectivity index (χ0n) is 11.4. The highest BCUT2D eigenvalue weighted by atomic mass is 79.9. The van der Waals surface area contributed by atoms with Gasteiger partial charge >= 0.3 is 0 Å². The summed E-state index contributed by atoms with van der Waals surface area (Å²) >= 11 is 11.4. The Balaban J connectivity index is 1.90. The van der Waals surface area contributed by atoms with Gasteiger partial charge in [-0.2, -0.15) is 0 Å². The number of halogens is 2. The predicted molar refractivity (Wildman–Crippen MR) is 92.5 cm³/mol. The summed E-state index contributed by atoms with van der Waals surface area (Å²) in [6.45, 7) is 0. The third kappa shape index (κ3) is 2.69. The normalized spacial score (nSPS) is 17.1. The van der Waals surface area contributed by atoms with Crippen LogP contribution in [0.25, 0.3) is 0 Å². The van der Waals surface area contributed by atoms with Gasteiger partial charge in [-0.1, -0.05) is 27.5 Å². The van der Waals surface area contributed by atoms with Crippen LogP contribution in [0.1, 0.15) is 22.9 Å². The van der Waals surface area contributed by atoms with Crippen LogP contribution < -0.4 is 10.2 Å². The molecule has 1 heterocycles. The number of fused-ring (bicyclic) bond motifs is 1. The summed E-state index contributed by atoms with van der Waals surface area (Å²) in [4.78, 5) is 3.56. The fraction of sp³-hybridized carbons (Fsp3) is 0.333. The van der Waals surface area contributed by atoms with Crippen molar-refractivity contribution in [3.05, 3.63) is 43.5 Å². The maximum absolute atomic E-state index is 6.13. The summed E-state index contributed by atoms with van der Waals surface area (Å²) in [5.74, 6) is 0. The van der Waals surface area contributed by atoms with E-state index in [-0.39, 0.29) is 0 Å². The maximum atomic E-state index is 6.13. The lowest BCUT2D eigenvalue weighted by Gasteiger charge is -2.22. The van der Waals surface area contributed by atoms with Gasteiger partial charge in [0.1, 0.15) is 0 Å². The maximum Gasteiger partial charge on any atom is 0.0934 e. The van der Waals surface area contributed by atoms with Crippen LogP contribution in [0.4, 0.5) is 11.4 Å². The number of hydrogen-bond acceptors (Lipinski definition) is 3. The van der Waals surface area contributed by atoms with Crippen molar-refractivity contribution in [3.8, 4) is 0 Å². The molecule has 1 atom stereocenters. The number of hydrogen-bond donors (Lipinski definition) is 1. The molecule has 1 aromatic carbocycles. The Hall–Kier alpha value is -0.710. The van der Waals surface area contributed by atoms with Gasteiger partial charge in [-0.25, -0.2) is 0 Å². The molecule has 1 unspecified atom stereocenters. The summed E-state index contributed by atoms with van der Waals surface area (Å²) in [7, 11) is 4.13. The van der Waals surface area contributed by atoms with Gasteiger partial charge in [0.25, 0.3) is 0 Å². The Morgan fingerprint density at radius 2 is 2.15 bits per heavy atom. The molecule has 106 valence electrons. The Bertz CT molecular complexity index is 639. The quantitative estimate of drug-likeness (QED) is 0.784. The molecule has 0 spiro atoms. The highest BCUT2D eigenvalue weighted by Crippen LogP contribution is 2.42. The largest absolute Gasteiger partial charge is 0.376 e. The average Bonchev–Trinajstić information content (AvgIpc) is 2.90.